The third-order valence-corrected chi connectivity index (χ3v) is 3.48. The molecule has 2 rings (SSSR count). The average Bonchev–Trinajstić information content (AvgIpc) is 3.06. The zero-order valence-corrected chi connectivity index (χ0v) is 13.5. The molecule has 122 valence electrons. The van der Waals surface area contributed by atoms with Crippen molar-refractivity contribution in [1.29, 1.82) is 0 Å². The van der Waals surface area contributed by atoms with Gasteiger partial charge in [-0.25, -0.2) is 0 Å². The van der Waals surface area contributed by atoms with E-state index in [9.17, 15) is 9.59 Å². The molecular weight excluding hydrogens is 292 g/mol. The van der Waals surface area contributed by atoms with Crippen LogP contribution in [-0.2, 0) is 11.3 Å². The first-order valence-electron chi connectivity index (χ1n) is 7.76. The van der Waals surface area contributed by atoms with Crippen LogP contribution in [0.15, 0.2) is 42.7 Å². The Morgan fingerprint density at radius 3 is 2.52 bits per heavy atom. The van der Waals surface area contributed by atoms with Crippen LogP contribution in [0.1, 0.15) is 29.8 Å². The third-order valence-electron chi connectivity index (χ3n) is 3.48. The lowest BCUT2D eigenvalue weighted by molar-refractivity contribution is -0.121. The van der Waals surface area contributed by atoms with Gasteiger partial charge in [0.15, 0.2) is 0 Å². The first-order valence-corrected chi connectivity index (χ1v) is 7.76. The molecule has 2 aromatic rings. The summed E-state index contributed by atoms with van der Waals surface area (Å²) in [4.78, 5) is 25.7. The number of nitrogens with zero attached hydrogens (tertiary/aromatic N) is 3. The molecule has 1 aromatic carbocycles. The second kappa shape index (κ2) is 8.12. The highest BCUT2D eigenvalue weighted by atomic mass is 16.2. The molecule has 0 fully saturated rings. The highest BCUT2D eigenvalue weighted by molar-refractivity contribution is 5.96. The number of hydrogen-bond acceptors (Lipinski definition) is 3. The van der Waals surface area contributed by atoms with Crippen LogP contribution in [-0.4, -0.2) is 46.1 Å². The number of amides is 2. The zero-order chi connectivity index (χ0) is 16.7. The van der Waals surface area contributed by atoms with E-state index >= 15 is 0 Å². The van der Waals surface area contributed by atoms with E-state index < -0.39 is 0 Å². The third kappa shape index (κ3) is 4.67. The molecule has 0 aliphatic rings. The van der Waals surface area contributed by atoms with Crippen molar-refractivity contribution in [2.24, 2.45) is 0 Å². The summed E-state index contributed by atoms with van der Waals surface area (Å²) in [5, 5.41) is 6.87. The van der Waals surface area contributed by atoms with Gasteiger partial charge in [-0.3, -0.25) is 14.3 Å². The normalized spacial score (nSPS) is 10.3. The van der Waals surface area contributed by atoms with Crippen LogP contribution in [0.3, 0.4) is 0 Å². The molecule has 1 N–H and O–H groups in total. The number of rotatable bonds is 7. The van der Waals surface area contributed by atoms with Crippen LogP contribution in [0.25, 0.3) is 0 Å². The van der Waals surface area contributed by atoms with Gasteiger partial charge in [0.05, 0.1) is 13.1 Å². The fraction of sp³-hybridized carbons (Fsp3) is 0.353. The number of carbonyl (C=O) groups excluding carboxylic acids is 2. The Morgan fingerprint density at radius 1 is 1.22 bits per heavy atom. The van der Waals surface area contributed by atoms with Crippen LogP contribution < -0.4 is 5.32 Å². The summed E-state index contributed by atoms with van der Waals surface area (Å²) < 4.78 is 1.82. The van der Waals surface area contributed by atoms with Crippen molar-refractivity contribution >= 4 is 11.8 Å². The molecule has 0 unspecified atom stereocenters. The minimum absolute atomic E-state index is 0.0816. The van der Waals surface area contributed by atoms with E-state index in [0.717, 1.165) is 5.56 Å². The van der Waals surface area contributed by atoms with E-state index in [1.165, 1.54) is 4.90 Å². The summed E-state index contributed by atoms with van der Waals surface area (Å²) in [5.74, 6) is -0.276. The van der Waals surface area contributed by atoms with Crippen molar-refractivity contribution in [2.75, 3.05) is 19.6 Å². The Bertz CT molecular complexity index is 635. The standard InChI is InChI=1S/C17H22N4O2/c1-3-18-16(22)13-20(4-2)17(23)15-8-6-14(7-9-15)12-21-11-5-10-19-21/h5-11H,3-4,12-13H2,1-2H3,(H,18,22). The van der Waals surface area contributed by atoms with Crippen molar-refractivity contribution in [3.63, 3.8) is 0 Å². The fourth-order valence-corrected chi connectivity index (χ4v) is 2.27. The van der Waals surface area contributed by atoms with Gasteiger partial charge in [0.25, 0.3) is 5.91 Å². The second-order valence-corrected chi connectivity index (χ2v) is 5.17. The summed E-state index contributed by atoms with van der Waals surface area (Å²) in [6, 6.07) is 9.28. The summed E-state index contributed by atoms with van der Waals surface area (Å²) in [6.07, 6.45) is 3.63. The molecule has 2 amide bonds. The molecule has 1 aromatic heterocycles. The highest BCUT2D eigenvalue weighted by Gasteiger charge is 2.16. The quantitative estimate of drug-likeness (QED) is 0.843. The van der Waals surface area contributed by atoms with E-state index in [2.05, 4.69) is 10.4 Å². The fourth-order valence-electron chi connectivity index (χ4n) is 2.27. The van der Waals surface area contributed by atoms with Gasteiger partial charge >= 0.3 is 0 Å². The maximum atomic E-state index is 12.5. The maximum absolute atomic E-state index is 12.5. The predicted octanol–water partition coefficient (Wildman–Crippen LogP) is 1.53. The van der Waals surface area contributed by atoms with Crippen molar-refractivity contribution in [3.8, 4) is 0 Å². The number of aromatic nitrogens is 2. The summed E-state index contributed by atoms with van der Waals surface area (Å²) >= 11 is 0. The van der Waals surface area contributed by atoms with Crippen molar-refractivity contribution < 1.29 is 9.59 Å². The Morgan fingerprint density at radius 2 is 1.96 bits per heavy atom. The van der Waals surface area contributed by atoms with Crippen LogP contribution in [0.4, 0.5) is 0 Å². The molecule has 0 aliphatic carbocycles. The largest absolute Gasteiger partial charge is 0.355 e. The van der Waals surface area contributed by atoms with Gasteiger partial charge in [-0.2, -0.15) is 5.10 Å². The molecule has 0 bridgehead atoms. The van der Waals surface area contributed by atoms with Gasteiger partial charge in [-0.1, -0.05) is 12.1 Å². The molecule has 23 heavy (non-hydrogen) atoms. The molecule has 0 radical (unpaired) electrons. The topological polar surface area (TPSA) is 67.2 Å². The second-order valence-electron chi connectivity index (χ2n) is 5.17. The van der Waals surface area contributed by atoms with Crippen LogP contribution in [0, 0.1) is 0 Å². The molecule has 0 atom stereocenters. The molecule has 0 aliphatic heterocycles. The van der Waals surface area contributed by atoms with Gasteiger partial charge in [0.1, 0.15) is 0 Å². The number of nitrogens with one attached hydrogen (secondary N) is 1. The average molecular weight is 314 g/mol. The lowest BCUT2D eigenvalue weighted by Gasteiger charge is -2.20. The highest BCUT2D eigenvalue weighted by Crippen LogP contribution is 2.09. The Balaban J connectivity index is 2.01. The van der Waals surface area contributed by atoms with Crippen LogP contribution in [0.5, 0.6) is 0 Å². The minimum Gasteiger partial charge on any atom is -0.355 e. The molecule has 0 saturated heterocycles. The van der Waals surface area contributed by atoms with Gasteiger partial charge < -0.3 is 10.2 Å². The molecule has 1 heterocycles. The number of benzene rings is 1. The first-order chi connectivity index (χ1) is 11.1. The molecule has 0 spiro atoms. The van der Waals surface area contributed by atoms with E-state index in [-0.39, 0.29) is 18.4 Å². The Hall–Kier alpha value is -2.63. The Labute approximate surface area is 136 Å². The lowest BCUT2D eigenvalue weighted by Crippen LogP contribution is -2.40. The maximum Gasteiger partial charge on any atom is 0.254 e. The van der Waals surface area contributed by atoms with E-state index in [0.29, 0.717) is 25.2 Å². The van der Waals surface area contributed by atoms with Gasteiger partial charge in [-0.15, -0.1) is 0 Å². The molecule has 6 nitrogen and oxygen atoms in total. The minimum atomic E-state index is -0.141. The summed E-state index contributed by atoms with van der Waals surface area (Å²) in [6.45, 7) is 5.52. The Kier molecular flexibility index (Phi) is 5.91. The van der Waals surface area contributed by atoms with Gasteiger partial charge in [-0.05, 0) is 37.6 Å². The van der Waals surface area contributed by atoms with E-state index in [1.807, 2.05) is 42.9 Å². The van der Waals surface area contributed by atoms with Gasteiger partial charge in [0.2, 0.25) is 5.91 Å². The van der Waals surface area contributed by atoms with E-state index in [1.54, 1.807) is 18.3 Å². The van der Waals surface area contributed by atoms with Crippen molar-refractivity contribution in [3.05, 3.63) is 53.9 Å². The van der Waals surface area contributed by atoms with Gasteiger partial charge in [0, 0.05) is 31.0 Å². The van der Waals surface area contributed by atoms with Crippen molar-refractivity contribution in [2.45, 2.75) is 20.4 Å². The predicted molar refractivity (Wildman–Crippen MR) is 88.0 cm³/mol. The zero-order valence-electron chi connectivity index (χ0n) is 13.5. The number of hydrogen-bond donors (Lipinski definition) is 1. The number of carbonyl (C=O) groups is 2. The SMILES string of the molecule is CCNC(=O)CN(CC)C(=O)c1ccc(Cn2cccn2)cc1. The van der Waals surface area contributed by atoms with Crippen LogP contribution >= 0.6 is 0 Å². The number of likely N-dealkylation sites (N-methyl/N-ethyl adjacent to an activating group) is 2. The monoisotopic (exact) mass is 314 g/mol. The van der Waals surface area contributed by atoms with E-state index in [4.69, 9.17) is 0 Å². The summed E-state index contributed by atoms with van der Waals surface area (Å²) in [7, 11) is 0. The molecule has 0 saturated carbocycles. The van der Waals surface area contributed by atoms with Crippen molar-refractivity contribution in [1.82, 2.24) is 20.0 Å². The molecule has 6 heteroatoms. The first kappa shape index (κ1) is 16.7. The smallest absolute Gasteiger partial charge is 0.254 e. The molecular formula is C17H22N4O2. The summed E-state index contributed by atoms with van der Waals surface area (Å²) in [5.41, 5.74) is 1.65. The van der Waals surface area contributed by atoms with Crippen LogP contribution in [0.2, 0.25) is 0 Å². The lowest BCUT2D eigenvalue weighted by atomic mass is 10.1.